The van der Waals surface area contributed by atoms with Gasteiger partial charge in [0.05, 0.1) is 0 Å². The van der Waals surface area contributed by atoms with Gasteiger partial charge < -0.3 is 31.9 Å². The highest BCUT2D eigenvalue weighted by Crippen LogP contribution is 2.27. The van der Waals surface area contributed by atoms with E-state index >= 15 is 0 Å². The largest absolute Gasteiger partial charge is 0.503 e. The van der Waals surface area contributed by atoms with Gasteiger partial charge in [0.1, 0.15) is 0 Å². The normalized spacial score (nSPS) is 15.7. The zero-order chi connectivity index (χ0) is 17.9. The van der Waals surface area contributed by atoms with Gasteiger partial charge in [0.25, 0.3) is 0 Å². The SMILES string of the molecule is CO[Si](OC)(OC)C(C)CCNCCC(C)[Si](OC)(OC)OC. The van der Waals surface area contributed by atoms with Crippen molar-refractivity contribution >= 4 is 17.6 Å². The fourth-order valence-electron chi connectivity index (χ4n) is 2.82. The Morgan fingerprint density at radius 1 is 0.609 bits per heavy atom. The van der Waals surface area contributed by atoms with E-state index in [1.165, 1.54) is 0 Å². The van der Waals surface area contributed by atoms with Crippen LogP contribution in [-0.4, -0.2) is 73.4 Å². The van der Waals surface area contributed by atoms with Crippen molar-refractivity contribution in [1.29, 1.82) is 0 Å². The molecule has 0 spiro atoms. The molecule has 0 aliphatic heterocycles. The summed E-state index contributed by atoms with van der Waals surface area (Å²) in [6, 6.07) is 0. The Morgan fingerprint density at radius 3 is 1.09 bits per heavy atom. The second kappa shape index (κ2) is 11.7. The molecule has 0 bridgehead atoms. The minimum Gasteiger partial charge on any atom is -0.377 e. The smallest absolute Gasteiger partial charge is 0.377 e. The van der Waals surface area contributed by atoms with Gasteiger partial charge in [-0.15, -0.1) is 0 Å². The Morgan fingerprint density at radius 2 is 0.870 bits per heavy atom. The number of rotatable bonds is 14. The molecule has 1 N–H and O–H groups in total. The van der Waals surface area contributed by atoms with Crippen LogP contribution in [0, 0.1) is 0 Å². The predicted octanol–water partition coefficient (Wildman–Crippen LogP) is 1.89. The molecular formula is C14H35NO6Si2. The molecule has 2 unspecified atom stereocenters. The van der Waals surface area contributed by atoms with Crippen LogP contribution >= 0.6 is 0 Å². The van der Waals surface area contributed by atoms with E-state index in [1.54, 1.807) is 42.7 Å². The minimum absolute atomic E-state index is 0.234. The molecule has 0 radical (unpaired) electrons. The molecule has 0 saturated heterocycles. The molecule has 0 aliphatic rings. The number of hydrogen-bond acceptors (Lipinski definition) is 7. The van der Waals surface area contributed by atoms with Gasteiger partial charge >= 0.3 is 17.6 Å². The maximum Gasteiger partial charge on any atom is 0.503 e. The van der Waals surface area contributed by atoms with Gasteiger partial charge in [-0.3, -0.25) is 0 Å². The van der Waals surface area contributed by atoms with Gasteiger partial charge in [-0.2, -0.15) is 0 Å². The molecule has 0 aromatic rings. The first-order chi connectivity index (χ1) is 10.9. The monoisotopic (exact) mass is 369 g/mol. The Hall–Kier alpha value is 0.154. The lowest BCUT2D eigenvalue weighted by Crippen LogP contribution is -2.48. The van der Waals surface area contributed by atoms with E-state index in [0.717, 1.165) is 25.9 Å². The van der Waals surface area contributed by atoms with Gasteiger partial charge in [-0.05, 0) is 25.9 Å². The molecule has 0 fully saturated rings. The Kier molecular flexibility index (Phi) is 11.7. The van der Waals surface area contributed by atoms with Crippen molar-refractivity contribution in [2.75, 3.05) is 55.7 Å². The summed E-state index contributed by atoms with van der Waals surface area (Å²) >= 11 is 0. The summed E-state index contributed by atoms with van der Waals surface area (Å²) in [6.45, 7) is 5.96. The lowest BCUT2D eigenvalue weighted by atomic mass is 10.3. The molecule has 7 nitrogen and oxygen atoms in total. The maximum atomic E-state index is 5.50. The lowest BCUT2D eigenvalue weighted by Gasteiger charge is -2.31. The Labute approximate surface area is 143 Å². The highest BCUT2D eigenvalue weighted by atomic mass is 28.4. The highest BCUT2D eigenvalue weighted by molar-refractivity contribution is 6.62. The summed E-state index contributed by atoms with van der Waals surface area (Å²) in [5, 5.41) is 3.45. The summed E-state index contributed by atoms with van der Waals surface area (Å²) in [7, 11) is 4.80. The summed E-state index contributed by atoms with van der Waals surface area (Å²) in [5.74, 6) is 0. The van der Waals surface area contributed by atoms with Crippen molar-refractivity contribution in [3.63, 3.8) is 0 Å². The van der Waals surface area contributed by atoms with Crippen LogP contribution in [0.4, 0.5) is 0 Å². The molecule has 0 heterocycles. The van der Waals surface area contributed by atoms with Crippen molar-refractivity contribution in [3.05, 3.63) is 0 Å². The van der Waals surface area contributed by atoms with E-state index in [0.29, 0.717) is 0 Å². The van der Waals surface area contributed by atoms with Crippen LogP contribution in [0.5, 0.6) is 0 Å². The van der Waals surface area contributed by atoms with E-state index in [4.69, 9.17) is 26.6 Å². The Bertz CT molecular complexity index is 258. The molecule has 0 rings (SSSR count). The first-order valence-electron chi connectivity index (χ1n) is 7.93. The maximum absolute atomic E-state index is 5.50. The number of nitrogens with one attached hydrogen (secondary N) is 1. The summed E-state index contributed by atoms with van der Waals surface area (Å²) in [5.41, 5.74) is 0.468. The summed E-state index contributed by atoms with van der Waals surface area (Å²) < 4.78 is 33.0. The third-order valence-corrected chi connectivity index (χ3v) is 10.8. The molecule has 140 valence electrons. The van der Waals surface area contributed by atoms with Gasteiger partial charge in [0.2, 0.25) is 0 Å². The van der Waals surface area contributed by atoms with E-state index in [-0.39, 0.29) is 11.1 Å². The van der Waals surface area contributed by atoms with Gasteiger partial charge in [0.15, 0.2) is 0 Å². The average Bonchev–Trinajstić information content (AvgIpc) is 2.58. The van der Waals surface area contributed by atoms with Gasteiger partial charge in [-0.1, -0.05) is 13.8 Å². The molecule has 0 amide bonds. The van der Waals surface area contributed by atoms with E-state index in [1.807, 2.05) is 0 Å². The van der Waals surface area contributed by atoms with Gasteiger partial charge in [0, 0.05) is 53.7 Å². The second-order valence-electron chi connectivity index (χ2n) is 5.56. The molecule has 9 heteroatoms. The first kappa shape index (κ1) is 23.2. The van der Waals surface area contributed by atoms with Crippen LogP contribution < -0.4 is 5.32 Å². The predicted molar refractivity (Wildman–Crippen MR) is 94.5 cm³/mol. The average molecular weight is 370 g/mol. The van der Waals surface area contributed by atoms with Crippen molar-refractivity contribution in [3.8, 4) is 0 Å². The molecule has 0 saturated carbocycles. The highest BCUT2D eigenvalue weighted by Gasteiger charge is 2.45. The Balaban J connectivity index is 4.18. The van der Waals surface area contributed by atoms with Crippen LogP contribution in [0.3, 0.4) is 0 Å². The zero-order valence-electron chi connectivity index (χ0n) is 15.9. The quantitative estimate of drug-likeness (QED) is 0.370. The van der Waals surface area contributed by atoms with E-state index < -0.39 is 17.6 Å². The molecular weight excluding hydrogens is 334 g/mol. The fourth-order valence-corrected chi connectivity index (χ4v) is 7.23. The molecule has 2 atom stereocenters. The van der Waals surface area contributed by atoms with Crippen LogP contribution in [-0.2, 0) is 26.6 Å². The molecule has 23 heavy (non-hydrogen) atoms. The van der Waals surface area contributed by atoms with Crippen molar-refractivity contribution < 1.29 is 26.6 Å². The van der Waals surface area contributed by atoms with Crippen molar-refractivity contribution in [2.24, 2.45) is 0 Å². The second-order valence-corrected chi connectivity index (χ2v) is 12.4. The molecule has 0 aromatic heterocycles. The molecule has 0 aliphatic carbocycles. The summed E-state index contributed by atoms with van der Waals surface area (Å²) in [4.78, 5) is 0. The van der Waals surface area contributed by atoms with Crippen LogP contribution in [0.15, 0.2) is 0 Å². The standard InChI is InChI=1S/C14H35NO6Si2/c1-13(22(16-3,17-4)18-5)9-11-15-12-10-14(2)23(19-6,20-7)21-8/h13-15H,9-12H2,1-8H3. The topological polar surface area (TPSA) is 67.4 Å². The summed E-state index contributed by atoms with van der Waals surface area (Å²) in [6.07, 6.45) is 1.86. The van der Waals surface area contributed by atoms with Crippen LogP contribution in [0.1, 0.15) is 26.7 Å². The fraction of sp³-hybridized carbons (Fsp3) is 1.00. The van der Waals surface area contributed by atoms with Gasteiger partial charge in [-0.25, -0.2) is 0 Å². The third kappa shape index (κ3) is 6.18. The number of hydrogen-bond donors (Lipinski definition) is 1. The van der Waals surface area contributed by atoms with Crippen molar-refractivity contribution in [2.45, 2.75) is 37.8 Å². The lowest BCUT2D eigenvalue weighted by molar-refractivity contribution is 0.111. The zero-order valence-corrected chi connectivity index (χ0v) is 17.9. The van der Waals surface area contributed by atoms with Crippen LogP contribution in [0.2, 0.25) is 11.1 Å². The van der Waals surface area contributed by atoms with E-state index in [2.05, 4.69) is 19.2 Å². The first-order valence-corrected chi connectivity index (χ1v) is 11.5. The van der Waals surface area contributed by atoms with Crippen LogP contribution in [0.25, 0.3) is 0 Å². The third-order valence-electron chi connectivity index (χ3n) is 4.42. The van der Waals surface area contributed by atoms with Crippen molar-refractivity contribution in [1.82, 2.24) is 5.32 Å². The van der Waals surface area contributed by atoms with E-state index in [9.17, 15) is 0 Å². The molecule has 0 aromatic carbocycles. The minimum atomic E-state index is -2.54.